The fourth-order valence-corrected chi connectivity index (χ4v) is 15.4. The molecule has 5 rings (SSSR count). The molecule has 65 heteroatoms. The van der Waals surface area contributed by atoms with E-state index in [4.69, 9.17) is 0 Å². The third-order valence-corrected chi connectivity index (χ3v) is 27.8. The Morgan fingerprint density at radius 2 is 0.478 bits per heavy atom. The smallest absolute Gasteiger partial charge is 0.218 e. The van der Waals surface area contributed by atoms with E-state index in [2.05, 4.69) is 45.0 Å². The Labute approximate surface area is 690 Å². The number of benzene rings is 5. The van der Waals surface area contributed by atoms with Crippen LogP contribution in [0.4, 0.5) is 151 Å². The van der Waals surface area contributed by atoms with Gasteiger partial charge in [-0.3, -0.25) is 0 Å². The molecule has 0 amide bonds. The normalized spacial score (nSPS) is 14.6. The fourth-order valence-electron chi connectivity index (χ4n) is 5.97. The summed E-state index contributed by atoms with van der Waals surface area (Å²) in [5, 5.41) is -59.5. The first-order valence-corrected chi connectivity index (χ1v) is 42.1. The van der Waals surface area contributed by atoms with Gasteiger partial charge in [-0.05, 0) is 183 Å². The summed E-state index contributed by atoms with van der Waals surface area (Å²) < 4.78 is 591. The Morgan fingerprint density at radius 1 is 0.296 bits per heavy atom. The van der Waals surface area contributed by atoms with Gasteiger partial charge in [0.25, 0.3) is 41.0 Å². The SMILES string of the molecule is C=C.O=S(=O)(F)C(F)(F)C(F)(F)S(=O)(=O)c1ccc(C(F)(Br)C(F)(F)Br)cc1.O=S(=O)(F)C(F)(F)C(F)(F)S(=O)(=O)c1ccc(C=C(F)F)cc1.O=S(=O)(F)C(F)(F)C(F)(F)Sc1ccc(Br)cc1.O=S(=O)(F)C(F)(F)C(F)(F)Sc1ccc(C(F)(Br)C(F)(F)Br)cc1.O=S(=O)(F)C(F)(F)C(F)(F)Sc1ccc(C=C(F)F)cc1.[Zn]. The molecule has 2 unspecified atom stereocenters. The first-order chi connectivity index (χ1) is 50.1. The molecule has 0 aliphatic rings. The molecule has 0 aliphatic carbocycles. The molecule has 0 fully saturated rings. The Kier molecular flexibility index (Phi) is 38.9. The zero-order valence-corrected chi connectivity index (χ0v) is 71.8. The van der Waals surface area contributed by atoms with Crippen LogP contribution in [0.25, 0.3) is 12.2 Å². The minimum atomic E-state index is -7.34. The molecular formula is C50H26Br5F35O14S10Zn. The van der Waals surface area contributed by atoms with Crippen molar-refractivity contribution in [2.45, 2.75) is 95.8 Å². The molecule has 0 heterocycles. The number of hydrogen-bond donors (Lipinski definition) is 0. The van der Waals surface area contributed by atoms with Crippen LogP contribution < -0.4 is 0 Å². The largest absolute Gasteiger partial charge is 0.451 e. The Hall–Kier alpha value is -3.41. The number of halogens is 40. The number of hydrogen-bond acceptors (Lipinski definition) is 17. The van der Waals surface area contributed by atoms with Crippen LogP contribution in [0.15, 0.2) is 176 Å². The molecule has 0 aromatic heterocycles. The quantitative estimate of drug-likeness (QED) is 0.0125. The minimum absolute atomic E-state index is 0. The summed E-state index contributed by atoms with van der Waals surface area (Å²) in [6.07, 6.45) is -3.65. The van der Waals surface area contributed by atoms with Gasteiger partial charge >= 0.3 is 113 Å². The monoisotopic (exact) mass is 2290 g/mol. The van der Waals surface area contributed by atoms with Crippen molar-refractivity contribution in [3.05, 3.63) is 173 Å². The zero-order valence-electron chi connectivity index (χ0n) is 52.7. The topological polar surface area (TPSA) is 239 Å². The van der Waals surface area contributed by atoms with E-state index in [1.807, 2.05) is 15.9 Å². The van der Waals surface area contributed by atoms with Gasteiger partial charge < -0.3 is 0 Å². The minimum Gasteiger partial charge on any atom is -0.218 e. The van der Waals surface area contributed by atoms with Gasteiger partial charge in [0.05, 0.1) is 9.79 Å². The molecular weight excluding hydrogens is 2280 g/mol. The average molecular weight is 2300 g/mol. The second-order valence-corrected chi connectivity index (χ2v) is 38.9. The second-order valence-electron chi connectivity index (χ2n) is 19.3. The summed E-state index contributed by atoms with van der Waals surface area (Å²) in [5.74, 6) is 0. The van der Waals surface area contributed by atoms with Crippen molar-refractivity contribution in [1.29, 1.82) is 0 Å². The van der Waals surface area contributed by atoms with Crippen LogP contribution in [0.2, 0.25) is 0 Å². The van der Waals surface area contributed by atoms with Crippen molar-refractivity contribution in [3.8, 4) is 0 Å². The molecule has 115 heavy (non-hydrogen) atoms. The van der Waals surface area contributed by atoms with Crippen LogP contribution in [-0.2, 0) is 99.4 Å². The van der Waals surface area contributed by atoms with Gasteiger partial charge in [-0.2, -0.15) is 165 Å². The second kappa shape index (κ2) is 39.4. The predicted molar refractivity (Wildman–Crippen MR) is 354 cm³/mol. The summed E-state index contributed by atoms with van der Waals surface area (Å²) in [5.41, 5.74) is -2.20. The van der Waals surface area contributed by atoms with Crippen molar-refractivity contribution in [3.63, 3.8) is 0 Å². The van der Waals surface area contributed by atoms with Gasteiger partial charge in [0.1, 0.15) is 0 Å². The van der Waals surface area contributed by atoms with Gasteiger partial charge in [0.2, 0.25) is 0 Å². The van der Waals surface area contributed by atoms with Gasteiger partial charge in [-0.25, -0.2) is 25.6 Å². The summed E-state index contributed by atoms with van der Waals surface area (Å²) in [6, 6.07) is 12.6. The first kappa shape index (κ1) is 114. The molecule has 5 aromatic carbocycles. The molecule has 5 aromatic rings. The fraction of sp³-hybridized carbons (Fsp3) is 0.280. The maximum Gasteiger partial charge on any atom is 0.451 e. The van der Waals surface area contributed by atoms with Crippen LogP contribution >= 0.6 is 115 Å². The molecule has 14 nitrogen and oxygen atoms in total. The van der Waals surface area contributed by atoms with E-state index in [9.17, 15) is 210 Å². The van der Waals surface area contributed by atoms with E-state index < -0.39 is 220 Å². The van der Waals surface area contributed by atoms with Crippen LogP contribution in [0, 0.1) is 0 Å². The summed E-state index contributed by atoms with van der Waals surface area (Å²) in [6.45, 7) is 6.00. The molecule has 0 saturated heterocycles. The summed E-state index contributed by atoms with van der Waals surface area (Å²) in [4.78, 5) is -13.2. The third kappa shape index (κ3) is 27.0. The number of thioether (sulfide) groups is 3. The molecule has 0 saturated carbocycles. The maximum absolute atomic E-state index is 13.9. The number of alkyl halides is 30. The summed E-state index contributed by atoms with van der Waals surface area (Å²) >= 11 is 7.82. The average Bonchev–Trinajstić information content (AvgIpc) is 0.742. The molecule has 0 aliphatic heterocycles. The van der Waals surface area contributed by atoms with E-state index in [1.54, 1.807) is 31.9 Å². The van der Waals surface area contributed by atoms with E-state index in [0.717, 1.165) is 36.4 Å². The van der Waals surface area contributed by atoms with E-state index in [1.165, 1.54) is 12.1 Å². The van der Waals surface area contributed by atoms with Crippen LogP contribution in [0.5, 0.6) is 0 Å². The van der Waals surface area contributed by atoms with Gasteiger partial charge in [0, 0.05) is 61.9 Å². The van der Waals surface area contributed by atoms with Crippen molar-refractivity contribution in [2.75, 3.05) is 0 Å². The Balaban J connectivity index is 0. The van der Waals surface area contributed by atoms with E-state index in [0.29, 0.717) is 46.9 Å². The molecule has 0 N–H and O–H groups in total. The number of rotatable bonds is 26. The van der Waals surface area contributed by atoms with Gasteiger partial charge in [0.15, 0.2) is 0 Å². The zero-order chi connectivity index (χ0) is 91.1. The molecule has 2 atom stereocenters. The van der Waals surface area contributed by atoms with Crippen molar-refractivity contribution in [2.24, 2.45) is 0 Å². The van der Waals surface area contributed by atoms with Crippen LogP contribution in [0.3, 0.4) is 0 Å². The molecule has 652 valence electrons. The predicted octanol–water partition coefficient (Wildman–Crippen LogP) is 22.7. The molecule has 0 bridgehead atoms. The molecule has 0 spiro atoms. The van der Waals surface area contributed by atoms with Crippen molar-refractivity contribution < 1.29 is 230 Å². The Bertz CT molecular complexity index is 5070. The standard InChI is InChI=1S/C10H4Br2F8O4S2.C10H4Br2F8O2S2.C10H5F7O4S2.C10H5F7O2S2.C8H4BrF5O2S2.C2H4.Zn/c11-7(13,8(12,14)15)5-1-3-6(4-2-5)25(21,22)9(16,17)10(18,19)26(20,23)24;11-7(13,8(12,14)15)5-1-3-6(4-2-5)23-9(16,17)10(18,19)24(20,21)22;11-8(12)5-6-1-3-7(4-2-6)22(18,19)9(13,14)10(15,16)23(17,20)21;11-8(12)5-6-1-3-7(4-2-6)20-9(13,14)10(15,16)21(17,18)19;9-5-1-3-6(4-2-5)17-7(10,11)8(12,13)18(14,15)16;1-2;/h1-4H;1-4H;1-5H;1-5H;1-4H;1-2H2;. The van der Waals surface area contributed by atoms with E-state index >= 15 is 0 Å². The van der Waals surface area contributed by atoms with Crippen LogP contribution in [-0.4, -0.2) is 121 Å². The van der Waals surface area contributed by atoms with Crippen LogP contribution in [0.1, 0.15) is 22.3 Å². The first-order valence-electron chi connectivity index (χ1n) is 25.8. The number of sulfone groups is 2. The maximum atomic E-state index is 13.9. The van der Waals surface area contributed by atoms with Gasteiger partial charge in [-0.15, -0.1) is 13.2 Å². The Morgan fingerprint density at radius 3 is 0.678 bits per heavy atom. The van der Waals surface area contributed by atoms with Gasteiger partial charge in [-0.1, -0.05) is 83.9 Å². The third-order valence-electron chi connectivity index (χ3n) is 11.5. The molecule has 0 radical (unpaired) electrons. The van der Waals surface area contributed by atoms with Crippen molar-refractivity contribution >= 4 is 198 Å². The van der Waals surface area contributed by atoms with Crippen molar-refractivity contribution in [1.82, 2.24) is 0 Å². The van der Waals surface area contributed by atoms with E-state index in [-0.39, 0.29) is 78.0 Å². The summed E-state index contributed by atoms with van der Waals surface area (Å²) in [7, 11) is -47.9.